The van der Waals surface area contributed by atoms with E-state index in [0.717, 1.165) is 12.8 Å². The van der Waals surface area contributed by atoms with Crippen molar-refractivity contribution in [1.82, 2.24) is 0 Å². The molecule has 0 unspecified atom stereocenters. The van der Waals surface area contributed by atoms with E-state index in [1.807, 2.05) is 13.8 Å². The number of alkyl halides is 1. The third kappa shape index (κ3) is 2.78. The summed E-state index contributed by atoms with van der Waals surface area (Å²) in [7, 11) is 0. The molecule has 66 valence electrons. The maximum atomic E-state index is 13.5. The highest BCUT2D eigenvalue weighted by molar-refractivity contribution is 4.84. The van der Waals surface area contributed by atoms with Crippen molar-refractivity contribution >= 4 is 0 Å². The summed E-state index contributed by atoms with van der Waals surface area (Å²) in [4.78, 5) is 0. The van der Waals surface area contributed by atoms with Gasteiger partial charge in [-0.3, -0.25) is 0 Å². The van der Waals surface area contributed by atoms with Gasteiger partial charge in [0.2, 0.25) is 0 Å². The molecule has 2 heteroatoms. The lowest BCUT2D eigenvalue weighted by atomic mass is 10.1. The largest absolute Gasteiger partial charge is 0.375 e. The van der Waals surface area contributed by atoms with Gasteiger partial charge in [-0.2, -0.15) is 0 Å². The van der Waals surface area contributed by atoms with Gasteiger partial charge in [-0.1, -0.05) is 12.8 Å². The van der Waals surface area contributed by atoms with Crippen molar-refractivity contribution in [1.29, 1.82) is 0 Å². The van der Waals surface area contributed by atoms with E-state index in [9.17, 15) is 4.39 Å². The predicted octanol–water partition coefficient (Wildman–Crippen LogP) is 2.69. The average Bonchev–Trinajstić information content (AvgIpc) is 2.33. The van der Waals surface area contributed by atoms with Gasteiger partial charge in [0.05, 0.1) is 12.7 Å². The Bertz CT molecular complexity index is 117. The molecule has 1 aliphatic carbocycles. The van der Waals surface area contributed by atoms with E-state index >= 15 is 0 Å². The maximum Gasteiger partial charge on any atom is 0.134 e. The quantitative estimate of drug-likeness (QED) is 0.616. The average molecular weight is 160 g/mol. The fourth-order valence-corrected chi connectivity index (χ4v) is 1.47. The monoisotopic (exact) mass is 160 g/mol. The van der Waals surface area contributed by atoms with E-state index in [1.165, 1.54) is 0 Å². The molecule has 0 N–H and O–H groups in total. The first-order chi connectivity index (χ1) is 5.12. The Morgan fingerprint density at radius 2 is 1.91 bits per heavy atom. The molecule has 0 aliphatic heterocycles. The molecule has 0 amide bonds. The zero-order valence-corrected chi connectivity index (χ0v) is 7.40. The standard InChI is InChI=1S/C9H17FO/c1-8(2)11-7-9(10)5-3-4-6-9/h8H,3-7H2,1-2H3. The first kappa shape index (κ1) is 8.98. The molecular weight excluding hydrogens is 143 g/mol. The Balaban J connectivity index is 2.23. The SMILES string of the molecule is CC(C)OCC1(F)CCCC1. The Hall–Kier alpha value is -0.110. The van der Waals surface area contributed by atoms with Crippen LogP contribution < -0.4 is 0 Å². The zero-order valence-electron chi connectivity index (χ0n) is 7.40. The van der Waals surface area contributed by atoms with Crippen molar-refractivity contribution in [2.24, 2.45) is 0 Å². The molecule has 1 fully saturated rings. The minimum atomic E-state index is -0.996. The fourth-order valence-electron chi connectivity index (χ4n) is 1.47. The van der Waals surface area contributed by atoms with E-state index in [4.69, 9.17) is 4.74 Å². The molecule has 1 nitrogen and oxygen atoms in total. The van der Waals surface area contributed by atoms with E-state index in [0.29, 0.717) is 19.4 Å². The van der Waals surface area contributed by atoms with Crippen LogP contribution in [-0.4, -0.2) is 18.4 Å². The second kappa shape index (κ2) is 3.53. The van der Waals surface area contributed by atoms with Crippen LogP contribution in [0.5, 0.6) is 0 Å². The molecular formula is C9H17FO. The Morgan fingerprint density at radius 3 is 2.36 bits per heavy atom. The molecule has 0 aromatic carbocycles. The molecule has 0 aromatic rings. The molecule has 0 spiro atoms. The summed E-state index contributed by atoms with van der Waals surface area (Å²) in [5, 5.41) is 0. The Morgan fingerprint density at radius 1 is 1.36 bits per heavy atom. The third-order valence-corrected chi connectivity index (χ3v) is 2.17. The summed E-state index contributed by atoms with van der Waals surface area (Å²) in [6.45, 7) is 4.18. The van der Waals surface area contributed by atoms with Crippen LogP contribution in [-0.2, 0) is 4.74 Å². The van der Waals surface area contributed by atoms with Crippen LogP contribution in [0.15, 0.2) is 0 Å². The third-order valence-electron chi connectivity index (χ3n) is 2.17. The Kier molecular flexibility index (Phi) is 2.88. The van der Waals surface area contributed by atoms with Crippen LogP contribution in [0, 0.1) is 0 Å². The second-order valence-electron chi connectivity index (χ2n) is 3.72. The van der Waals surface area contributed by atoms with Crippen LogP contribution >= 0.6 is 0 Å². The minimum absolute atomic E-state index is 0.156. The van der Waals surface area contributed by atoms with Gasteiger partial charge in [0, 0.05) is 0 Å². The first-order valence-corrected chi connectivity index (χ1v) is 4.43. The molecule has 0 bridgehead atoms. The second-order valence-corrected chi connectivity index (χ2v) is 3.72. The van der Waals surface area contributed by atoms with Crippen LogP contribution in [0.4, 0.5) is 4.39 Å². The van der Waals surface area contributed by atoms with Crippen LogP contribution in [0.25, 0.3) is 0 Å². The van der Waals surface area contributed by atoms with E-state index in [-0.39, 0.29) is 6.10 Å². The smallest absolute Gasteiger partial charge is 0.134 e. The summed E-state index contributed by atoms with van der Waals surface area (Å²) in [5.74, 6) is 0. The molecule has 0 aromatic heterocycles. The first-order valence-electron chi connectivity index (χ1n) is 4.43. The molecule has 1 saturated carbocycles. The Labute approximate surface area is 67.9 Å². The fraction of sp³-hybridized carbons (Fsp3) is 1.00. The summed E-state index contributed by atoms with van der Waals surface area (Å²) in [5.41, 5.74) is -0.996. The minimum Gasteiger partial charge on any atom is -0.375 e. The lowest BCUT2D eigenvalue weighted by Crippen LogP contribution is -2.27. The molecule has 1 rings (SSSR count). The van der Waals surface area contributed by atoms with Gasteiger partial charge in [0.25, 0.3) is 0 Å². The molecule has 11 heavy (non-hydrogen) atoms. The molecule has 1 aliphatic rings. The summed E-state index contributed by atoms with van der Waals surface area (Å²) >= 11 is 0. The molecule has 0 saturated heterocycles. The van der Waals surface area contributed by atoms with E-state index in [1.54, 1.807) is 0 Å². The molecule has 0 atom stereocenters. The zero-order chi connectivity index (χ0) is 8.32. The number of ether oxygens (including phenoxy) is 1. The van der Waals surface area contributed by atoms with Crippen LogP contribution in [0.3, 0.4) is 0 Å². The van der Waals surface area contributed by atoms with Crippen molar-refractivity contribution in [3.8, 4) is 0 Å². The predicted molar refractivity (Wildman–Crippen MR) is 43.4 cm³/mol. The highest BCUT2D eigenvalue weighted by Gasteiger charge is 2.33. The number of halogens is 1. The summed E-state index contributed by atoms with van der Waals surface area (Å²) < 4.78 is 18.8. The van der Waals surface area contributed by atoms with Crippen LogP contribution in [0.2, 0.25) is 0 Å². The number of hydrogen-bond donors (Lipinski definition) is 0. The lowest BCUT2D eigenvalue weighted by molar-refractivity contribution is -0.0108. The summed E-state index contributed by atoms with van der Waals surface area (Å²) in [6.07, 6.45) is 3.60. The summed E-state index contributed by atoms with van der Waals surface area (Å²) in [6, 6.07) is 0. The van der Waals surface area contributed by atoms with Crippen molar-refractivity contribution in [3.05, 3.63) is 0 Å². The van der Waals surface area contributed by atoms with Gasteiger partial charge >= 0.3 is 0 Å². The van der Waals surface area contributed by atoms with Crippen molar-refractivity contribution in [3.63, 3.8) is 0 Å². The molecule has 0 heterocycles. The van der Waals surface area contributed by atoms with Crippen molar-refractivity contribution < 1.29 is 9.13 Å². The van der Waals surface area contributed by atoms with Crippen LogP contribution in [0.1, 0.15) is 39.5 Å². The number of hydrogen-bond acceptors (Lipinski definition) is 1. The topological polar surface area (TPSA) is 9.23 Å². The normalized spacial score (nSPS) is 22.9. The van der Waals surface area contributed by atoms with E-state index < -0.39 is 5.67 Å². The van der Waals surface area contributed by atoms with Crippen molar-refractivity contribution in [2.75, 3.05) is 6.61 Å². The van der Waals surface area contributed by atoms with Gasteiger partial charge < -0.3 is 4.74 Å². The van der Waals surface area contributed by atoms with Gasteiger partial charge in [-0.15, -0.1) is 0 Å². The number of rotatable bonds is 3. The van der Waals surface area contributed by atoms with Gasteiger partial charge in [-0.25, -0.2) is 4.39 Å². The van der Waals surface area contributed by atoms with E-state index in [2.05, 4.69) is 0 Å². The molecule has 0 radical (unpaired) electrons. The van der Waals surface area contributed by atoms with Gasteiger partial charge in [-0.05, 0) is 26.7 Å². The maximum absolute atomic E-state index is 13.5. The highest BCUT2D eigenvalue weighted by Crippen LogP contribution is 2.33. The van der Waals surface area contributed by atoms with Gasteiger partial charge in [0.1, 0.15) is 5.67 Å². The van der Waals surface area contributed by atoms with Crippen molar-refractivity contribution in [2.45, 2.75) is 51.3 Å². The highest BCUT2D eigenvalue weighted by atomic mass is 19.1. The van der Waals surface area contributed by atoms with Gasteiger partial charge in [0.15, 0.2) is 0 Å². The lowest BCUT2D eigenvalue weighted by Gasteiger charge is -2.20.